The highest BCUT2D eigenvalue weighted by atomic mass is 32.1. The van der Waals surface area contributed by atoms with Gasteiger partial charge in [-0.2, -0.15) is 0 Å². The first-order chi connectivity index (χ1) is 7.28. The zero-order valence-corrected chi connectivity index (χ0v) is 11.5. The second-order valence-corrected chi connectivity index (χ2v) is 4.86. The molecule has 0 heterocycles. The summed E-state index contributed by atoms with van der Waals surface area (Å²) < 4.78 is 5.21. The van der Waals surface area contributed by atoms with Crippen molar-refractivity contribution in [1.82, 2.24) is 5.32 Å². The minimum Gasteiger partial charge on any atom is -0.392 e. The van der Waals surface area contributed by atoms with Gasteiger partial charge < -0.3 is 15.8 Å². The predicted octanol–water partition coefficient (Wildman–Crippen LogP) is 1.23. The fourth-order valence-electron chi connectivity index (χ4n) is 1.26. The fraction of sp³-hybridized carbons (Fsp3) is 0.818. The van der Waals surface area contributed by atoms with Crippen molar-refractivity contribution < 1.29 is 9.53 Å². The number of methoxy groups -OCH3 is 1. The molecule has 0 spiro atoms. The maximum absolute atomic E-state index is 12.0. The van der Waals surface area contributed by atoms with Crippen molar-refractivity contribution in [3.63, 3.8) is 0 Å². The summed E-state index contributed by atoms with van der Waals surface area (Å²) in [6, 6.07) is -0.288. The topological polar surface area (TPSA) is 64.3 Å². The van der Waals surface area contributed by atoms with E-state index in [1.807, 2.05) is 20.8 Å². The Morgan fingerprint density at radius 3 is 2.31 bits per heavy atom. The highest BCUT2D eigenvalue weighted by Crippen LogP contribution is 2.15. The van der Waals surface area contributed by atoms with E-state index in [2.05, 4.69) is 5.32 Å². The third kappa shape index (κ3) is 3.72. The summed E-state index contributed by atoms with van der Waals surface area (Å²) in [6.45, 7) is 7.56. The standard InChI is InChI=1S/C11H22N2O2S/c1-6-11(4,15-5)10(14)13-8(7(2)3)9(12)16/h7-8H,6H2,1-5H3,(H2,12,16)(H,13,14). The van der Waals surface area contributed by atoms with Crippen LogP contribution in [0.15, 0.2) is 0 Å². The van der Waals surface area contributed by atoms with Crippen LogP contribution in [-0.2, 0) is 9.53 Å². The van der Waals surface area contributed by atoms with Crippen molar-refractivity contribution >= 4 is 23.1 Å². The number of ether oxygens (including phenoxy) is 1. The molecular formula is C11H22N2O2S. The summed E-state index contributed by atoms with van der Waals surface area (Å²) in [7, 11) is 1.52. The third-order valence-electron chi connectivity index (χ3n) is 2.87. The Hall–Kier alpha value is -0.680. The van der Waals surface area contributed by atoms with Gasteiger partial charge in [0.15, 0.2) is 0 Å². The molecule has 2 atom stereocenters. The van der Waals surface area contributed by atoms with E-state index < -0.39 is 5.60 Å². The van der Waals surface area contributed by atoms with Crippen LogP contribution in [0.2, 0.25) is 0 Å². The van der Waals surface area contributed by atoms with E-state index in [-0.39, 0.29) is 17.9 Å². The van der Waals surface area contributed by atoms with Crippen LogP contribution >= 0.6 is 12.2 Å². The molecule has 0 aromatic rings. The van der Waals surface area contributed by atoms with Crippen molar-refractivity contribution in [2.75, 3.05) is 7.11 Å². The maximum Gasteiger partial charge on any atom is 0.252 e. The molecule has 0 rings (SSSR count). The van der Waals surface area contributed by atoms with Gasteiger partial charge in [-0.3, -0.25) is 4.79 Å². The Balaban J connectivity index is 4.70. The molecule has 1 amide bonds. The van der Waals surface area contributed by atoms with Crippen LogP contribution in [0.25, 0.3) is 0 Å². The molecule has 0 aromatic carbocycles. The zero-order valence-electron chi connectivity index (χ0n) is 10.7. The largest absolute Gasteiger partial charge is 0.392 e. The number of hydrogen-bond donors (Lipinski definition) is 2. The number of carbonyl (C=O) groups excluding carboxylic acids is 1. The SMILES string of the molecule is CCC(C)(OC)C(=O)NC(C(N)=S)C(C)C. The van der Waals surface area contributed by atoms with Crippen LogP contribution in [0.4, 0.5) is 0 Å². The van der Waals surface area contributed by atoms with Crippen LogP contribution < -0.4 is 11.1 Å². The molecule has 0 aliphatic carbocycles. The fourth-order valence-corrected chi connectivity index (χ4v) is 1.59. The lowest BCUT2D eigenvalue weighted by atomic mass is 9.99. The summed E-state index contributed by atoms with van der Waals surface area (Å²) in [4.78, 5) is 12.3. The van der Waals surface area contributed by atoms with E-state index >= 15 is 0 Å². The van der Waals surface area contributed by atoms with Gasteiger partial charge in [0.1, 0.15) is 5.60 Å². The Morgan fingerprint density at radius 2 is 2.06 bits per heavy atom. The number of nitrogens with two attached hydrogens (primary N) is 1. The molecule has 0 saturated heterocycles. The van der Waals surface area contributed by atoms with Gasteiger partial charge in [-0.05, 0) is 19.3 Å². The van der Waals surface area contributed by atoms with Crippen LogP contribution in [-0.4, -0.2) is 29.6 Å². The number of nitrogens with one attached hydrogen (secondary N) is 1. The Labute approximate surface area is 103 Å². The molecule has 0 radical (unpaired) electrons. The van der Waals surface area contributed by atoms with Crippen molar-refractivity contribution in [3.8, 4) is 0 Å². The Bertz CT molecular complexity index is 263. The van der Waals surface area contributed by atoms with Crippen LogP contribution in [0, 0.1) is 5.92 Å². The van der Waals surface area contributed by atoms with Gasteiger partial charge in [0, 0.05) is 7.11 Å². The molecule has 4 nitrogen and oxygen atoms in total. The smallest absolute Gasteiger partial charge is 0.252 e. The molecule has 94 valence electrons. The number of hydrogen-bond acceptors (Lipinski definition) is 3. The number of thiocarbonyl (C=S) groups is 1. The van der Waals surface area contributed by atoms with Gasteiger partial charge in [0.25, 0.3) is 5.91 Å². The molecular weight excluding hydrogens is 224 g/mol. The molecule has 0 saturated carbocycles. The lowest BCUT2D eigenvalue weighted by Crippen LogP contribution is -2.54. The molecule has 2 unspecified atom stereocenters. The number of carbonyl (C=O) groups is 1. The predicted molar refractivity (Wildman–Crippen MR) is 69.3 cm³/mol. The average Bonchev–Trinajstić information content (AvgIpc) is 2.23. The van der Waals surface area contributed by atoms with Gasteiger partial charge in [-0.1, -0.05) is 33.0 Å². The number of amides is 1. The molecule has 0 aliphatic heterocycles. The van der Waals surface area contributed by atoms with Crippen LogP contribution in [0.1, 0.15) is 34.1 Å². The second-order valence-electron chi connectivity index (χ2n) is 4.39. The first-order valence-electron chi connectivity index (χ1n) is 5.44. The monoisotopic (exact) mass is 246 g/mol. The second kappa shape index (κ2) is 6.15. The molecule has 5 heteroatoms. The van der Waals surface area contributed by atoms with Gasteiger partial charge in [-0.25, -0.2) is 0 Å². The maximum atomic E-state index is 12.0. The van der Waals surface area contributed by atoms with E-state index in [9.17, 15) is 4.79 Å². The molecule has 3 N–H and O–H groups in total. The Morgan fingerprint density at radius 1 is 1.56 bits per heavy atom. The normalized spacial score (nSPS) is 16.6. The van der Waals surface area contributed by atoms with Gasteiger partial charge in [0.05, 0.1) is 11.0 Å². The van der Waals surface area contributed by atoms with E-state index in [0.717, 1.165) is 0 Å². The van der Waals surface area contributed by atoms with Crippen molar-refractivity contribution in [3.05, 3.63) is 0 Å². The first kappa shape index (κ1) is 15.3. The summed E-state index contributed by atoms with van der Waals surface area (Å²) in [5.41, 5.74) is 4.77. The highest BCUT2D eigenvalue weighted by Gasteiger charge is 2.33. The lowest BCUT2D eigenvalue weighted by molar-refractivity contribution is -0.142. The first-order valence-corrected chi connectivity index (χ1v) is 5.84. The molecule has 0 fully saturated rings. The summed E-state index contributed by atoms with van der Waals surface area (Å²) in [6.07, 6.45) is 0.595. The quantitative estimate of drug-likeness (QED) is 0.692. The van der Waals surface area contributed by atoms with E-state index in [1.165, 1.54) is 7.11 Å². The van der Waals surface area contributed by atoms with Gasteiger partial charge >= 0.3 is 0 Å². The lowest BCUT2D eigenvalue weighted by Gasteiger charge is -2.29. The molecule has 0 bridgehead atoms. The van der Waals surface area contributed by atoms with Gasteiger partial charge in [-0.15, -0.1) is 0 Å². The molecule has 0 aromatic heterocycles. The van der Waals surface area contributed by atoms with Crippen LogP contribution in [0.3, 0.4) is 0 Å². The van der Waals surface area contributed by atoms with Crippen molar-refractivity contribution in [2.24, 2.45) is 11.7 Å². The van der Waals surface area contributed by atoms with E-state index in [1.54, 1.807) is 6.92 Å². The zero-order chi connectivity index (χ0) is 12.9. The van der Waals surface area contributed by atoms with Gasteiger partial charge in [0.2, 0.25) is 0 Å². The minimum absolute atomic E-state index is 0.166. The summed E-state index contributed by atoms with van der Waals surface area (Å²) >= 11 is 4.93. The number of rotatable bonds is 6. The third-order valence-corrected chi connectivity index (χ3v) is 3.12. The molecule has 0 aliphatic rings. The Kier molecular flexibility index (Phi) is 5.89. The molecule has 16 heavy (non-hydrogen) atoms. The average molecular weight is 246 g/mol. The van der Waals surface area contributed by atoms with Crippen molar-refractivity contribution in [2.45, 2.75) is 45.8 Å². The van der Waals surface area contributed by atoms with E-state index in [4.69, 9.17) is 22.7 Å². The minimum atomic E-state index is -0.822. The van der Waals surface area contributed by atoms with E-state index in [0.29, 0.717) is 11.4 Å². The van der Waals surface area contributed by atoms with Crippen LogP contribution in [0.5, 0.6) is 0 Å². The summed E-state index contributed by atoms with van der Waals surface area (Å²) in [5.74, 6) is -0.0107. The van der Waals surface area contributed by atoms with Crippen molar-refractivity contribution in [1.29, 1.82) is 0 Å². The highest BCUT2D eigenvalue weighted by molar-refractivity contribution is 7.80. The summed E-state index contributed by atoms with van der Waals surface area (Å²) in [5, 5.41) is 2.83.